The largest absolute Gasteiger partial charge is 0.504 e. The number of hydrogen-bond acceptors (Lipinski definition) is 2. The maximum atomic E-state index is 9.54. The first kappa shape index (κ1) is 13.1. The summed E-state index contributed by atoms with van der Waals surface area (Å²) < 4.78 is 0. The molecule has 2 N–H and O–H groups in total. The molecule has 0 bridgehead atoms. The second-order valence-electron chi connectivity index (χ2n) is 3.68. The molecule has 1 unspecified atom stereocenters. The summed E-state index contributed by atoms with van der Waals surface area (Å²) in [6.45, 7) is 10.1. The first-order valence-corrected chi connectivity index (χ1v) is 5.36. The van der Waals surface area contributed by atoms with Crippen LogP contribution < -0.4 is 0 Å². The molecule has 0 aliphatic heterocycles. The van der Waals surface area contributed by atoms with Crippen LogP contribution in [0.25, 0.3) is 0 Å². The Kier molecular flexibility index (Phi) is 5.36. The van der Waals surface area contributed by atoms with Gasteiger partial charge in [0.2, 0.25) is 0 Å². The maximum absolute atomic E-state index is 9.54. The standard InChI is InChI=1S/C10H16O2.C2H6/c1-6(2)9-7(3)4-5-8(11)10(9)12;1-2/h5-7,11-12H,4H2,1-3H3;1-2H3. The van der Waals surface area contributed by atoms with Gasteiger partial charge in [-0.1, -0.05) is 34.6 Å². The Balaban J connectivity index is 0.000000791. The van der Waals surface area contributed by atoms with Crippen molar-refractivity contribution in [2.45, 2.75) is 41.0 Å². The fraction of sp³-hybridized carbons (Fsp3) is 0.667. The minimum absolute atomic E-state index is 0.0387. The van der Waals surface area contributed by atoms with Gasteiger partial charge in [0.05, 0.1) is 0 Å². The lowest BCUT2D eigenvalue weighted by Crippen LogP contribution is -2.13. The Morgan fingerprint density at radius 2 is 1.79 bits per heavy atom. The first-order chi connectivity index (χ1) is 6.54. The van der Waals surface area contributed by atoms with Crippen LogP contribution in [0.3, 0.4) is 0 Å². The van der Waals surface area contributed by atoms with Gasteiger partial charge in [-0.15, -0.1) is 0 Å². The molecule has 1 aliphatic carbocycles. The van der Waals surface area contributed by atoms with Crippen LogP contribution in [0.4, 0.5) is 0 Å². The molecule has 1 rings (SSSR count). The van der Waals surface area contributed by atoms with Crippen molar-refractivity contribution in [3.63, 3.8) is 0 Å². The van der Waals surface area contributed by atoms with Crippen LogP contribution in [0.5, 0.6) is 0 Å². The molecule has 0 spiro atoms. The van der Waals surface area contributed by atoms with Gasteiger partial charge in [-0.2, -0.15) is 0 Å². The molecule has 14 heavy (non-hydrogen) atoms. The van der Waals surface area contributed by atoms with E-state index in [4.69, 9.17) is 0 Å². The van der Waals surface area contributed by atoms with Gasteiger partial charge in [-0.3, -0.25) is 0 Å². The highest BCUT2D eigenvalue weighted by Crippen LogP contribution is 2.31. The van der Waals surface area contributed by atoms with E-state index in [1.807, 2.05) is 27.7 Å². The van der Waals surface area contributed by atoms with Crippen molar-refractivity contribution >= 4 is 0 Å². The van der Waals surface area contributed by atoms with Gasteiger partial charge in [0.1, 0.15) is 0 Å². The fourth-order valence-electron chi connectivity index (χ4n) is 1.74. The zero-order valence-electron chi connectivity index (χ0n) is 9.83. The van der Waals surface area contributed by atoms with Crippen LogP contribution in [0.2, 0.25) is 0 Å². The van der Waals surface area contributed by atoms with Crippen molar-refractivity contribution in [2.24, 2.45) is 11.8 Å². The van der Waals surface area contributed by atoms with Crippen molar-refractivity contribution in [3.05, 3.63) is 23.2 Å². The van der Waals surface area contributed by atoms with Crippen LogP contribution in [0.1, 0.15) is 41.0 Å². The van der Waals surface area contributed by atoms with Crippen LogP contribution in [-0.4, -0.2) is 10.2 Å². The lowest BCUT2D eigenvalue weighted by atomic mass is 9.84. The molecule has 82 valence electrons. The summed E-state index contributed by atoms with van der Waals surface area (Å²) in [5, 5.41) is 18.8. The van der Waals surface area contributed by atoms with E-state index < -0.39 is 0 Å². The topological polar surface area (TPSA) is 40.5 Å². The molecule has 0 aromatic rings. The minimum Gasteiger partial charge on any atom is -0.504 e. The number of rotatable bonds is 1. The van der Waals surface area contributed by atoms with Gasteiger partial charge in [0.15, 0.2) is 11.5 Å². The van der Waals surface area contributed by atoms with Crippen LogP contribution in [0.15, 0.2) is 23.2 Å². The zero-order valence-corrected chi connectivity index (χ0v) is 9.83. The molecule has 2 heteroatoms. The van der Waals surface area contributed by atoms with E-state index in [9.17, 15) is 10.2 Å². The molecule has 2 nitrogen and oxygen atoms in total. The molecule has 0 aromatic heterocycles. The fourth-order valence-corrected chi connectivity index (χ4v) is 1.74. The molecule has 0 saturated heterocycles. The lowest BCUT2D eigenvalue weighted by molar-refractivity contribution is 0.299. The van der Waals surface area contributed by atoms with Crippen LogP contribution in [-0.2, 0) is 0 Å². The predicted octanol–water partition coefficient (Wildman–Crippen LogP) is 3.96. The first-order valence-electron chi connectivity index (χ1n) is 5.36. The summed E-state index contributed by atoms with van der Waals surface area (Å²) in [4.78, 5) is 0. The number of hydrogen-bond donors (Lipinski definition) is 2. The SMILES string of the molecule is CC.CC(C)C1=C(O)C(O)=CCC1C. The van der Waals surface area contributed by atoms with Crippen LogP contribution in [0, 0.1) is 11.8 Å². The minimum atomic E-state index is 0.0387. The molecule has 0 saturated carbocycles. The molecule has 0 heterocycles. The van der Waals surface area contributed by atoms with Gasteiger partial charge in [-0.05, 0) is 29.9 Å². The van der Waals surface area contributed by atoms with E-state index in [0.717, 1.165) is 12.0 Å². The van der Waals surface area contributed by atoms with Gasteiger partial charge < -0.3 is 10.2 Å². The predicted molar refractivity (Wildman–Crippen MR) is 60.3 cm³/mol. The second kappa shape index (κ2) is 5.74. The Bertz CT molecular complexity index is 237. The van der Waals surface area contributed by atoms with Gasteiger partial charge in [0.25, 0.3) is 0 Å². The molecule has 0 radical (unpaired) electrons. The Hall–Kier alpha value is -0.920. The van der Waals surface area contributed by atoms with E-state index in [0.29, 0.717) is 11.8 Å². The normalized spacial score (nSPS) is 21.6. The van der Waals surface area contributed by atoms with Gasteiger partial charge in [-0.25, -0.2) is 0 Å². The highest BCUT2D eigenvalue weighted by molar-refractivity contribution is 5.31. The highest BCUT2D eigenvalue weighted by Gasteiger charge is 2.22. The number of aliphatic hydroxyl groups is 2. The molecule has 0 amide bonds. The zero-order chi connectivity index (χ0) is 11.3. The lowest BCUT2D eigenvalue weighted by Gasteiger charge is -2.23. The molecular formula is C12H22O2. The Labute approximate surface area is 87.0 Å². The van der Waals surface area contributed by atoms with E-state index in [-0.39, 0.29) is 11.5 Å². The molecular weight excluding hydrogens is 176 g/mol. The van der Waals surface area contributed by atoms with Crippen molar-refractivity contribution in [2.75, 3.05) is 0 Å². The van der Waals surface area contributed by atoms with Crippen molar-refractivity contribution < 1.29 is 10.2 Å². The monoisotopic (exact) mass is 198 g/mol. The molecule has 0 fully saturated rings. The quantitative estimate of drug-likeness (QED) is 0.669. The summed E-state index contributed by atoms with van der Waals surface area (Å²) in [5.41, 5.74) is 0.968. The molecule has 1 aliphatic rings. The maximum Gasteiger partial charge on any atom is 0.156 e. The summed E-state index contributed by atoms with van der Waals surface area (Å²) in [5.74, 6) is 0.775. The van der Waals surface area contributed by atoms with Gasteiger partial charge in [0, 0.05) is 0 Å². The summed E-state index contributed by atoms with van der Waals surface area (Å²) in [6.07, 6.45) is 2.50. The van der Waals surface area contributed by atoms with Crippen molar-refractivity contribution in [1.82, 2.24) is 0 Å². The van der Waals surface area contributed by atoms with E-state index in [2.05, 4.69) is 6.92 Å². The summed E-state index contributed by atoms with van der Waals surface area (Å²) >= 11 is 0. The summed E-state index contributed by atoms with van der Waals surface area (Å²) in [7, 11) is 0. The van der Waals surface area contributed by atoms with E-state index >= 15 is 0 Å². The molecule has 1 atom stereocenters. The Morgan fingerprint density at radius 1 is 1.29 bits per heavy atom. The molecule has 0 aromatic carbocycles. The third-order valence-corrected chi connectivity index (χ3v) is 2.33. The Morgan fingerprint density at radius 3 is 2.14 bits per heavy atom. The average molecular weight is 198 g/mol. The number of aliphatic hydroxyl groups excluding tert-OH is 2. The third kappa shape index (κ3) is 2.79. The van der Waals surface area contributed by atoms with Crippen molar-refractivity contribution in [1.29, 1.82) is 0 Å². The average Bonchev–Trinajstić information content (AvgIpc) is 2.15. The number of allylic oxidation sites excluding steroid dienone is 2. The van der Waals surface area contributed by atoms with E-state index in [1.165, 1.54) is 0 Å². The van der Waals surface area contributed by atoms with Gasteiger partial charge >= 0.3 is 0 Å². The smallest absolute Gasteiger partial charge is 0.156 e. The second-order valence-corrected chi connectivity index (χ2v) is 3.68. The van der Waals surface area contributed by atoms with Crippen LogP contribution >= 0.6 is 0 Å². The summed E-state index contributed by atoms with van der Waals surface area (Å²) in [6, 6.07) is 0. The highest BCUT2D eigenvalue weighted by atomic mass is 16.3. The van der Waals surface area contributed by atoms with Crippen molar-refractivity contribution in [3.8, 4) is 0 Å². The van der Waals surface area contributed by atoms with E-state index in [1.54, 1.807) is 6.08 Å². The third-order valence-electron chi connectivity index (χ3n) is 2.33.